The van der Waals surface area contributed by atoms with E-state index in [0.29, 0.717) is 24.1 Å². The van der Waals surface area contributed by atoms with Crippen molar-refractivity contribution in [2.75, 3.05) is 6.54 Å². The van der Waals surface area contributed by atoms with E-state index in [4.69, 9.17) is 9.98 Å². The van der Waals surface area contributed by atoms with Crippen LogP contribution in [0.25, 0.3) is 0 Å². The van der Waals surface area contributed by atoms with E-state index in [1.165, 1.54) is 0 Å². The molecule has 0 heterocycles. The van der Waals surface area contributed by atoms with Crippen LogP contribution in [-0.4, -0.2) is 70.7 Å². The van der Waals surface area contributed by atoms with Crippen LogP contribution in [0, 0.1) is 0 Å². The summed E-state index contributed by atoms with van der Waals surface area (Å²) < 4.78 is 0. The maximum absolute atomic E-state index is 11.2. The number of benzene rings is 2. The van der Waals surface area contributed by atoms with Gasteiger partial charge in [-0.25, -0.2) is 0 Å². The summed E-state index contributed by atoms with van der Waals surface area (Å²) in [5.74, 6) is 0.360. The summed E-state index contributed by atoms with van der Waals surface area (Å²) in [6.07, 6.45) is 9.40. The highest BCUT2D eigenvalue weighted by Crippen LogP contribution is 2.37. The van der Waals surface area contributed by atoms with Crippen LogP contribution in [0.5, 0.6) is 11.5 Å². The van der Waals surface area contributed by atoms with Gasteiger partial charge in [0.15, 0.2) is 0 Å². The lowest BCUT2D eigenvalue weighted by atomic mass is 9.79. The van der Waals surface area contributed by atoms with Crippen molar-refractivity contribution in [3.05, 3.63) is 57.6 Å². The zero-order valence-electron chi connectivity index (χ0n) is 28.7. The first-order valence-corrected chi connectivity index (χ1v) is 18.2. The molecule has 0 bridgehead atoms. The molecule has 0 saturated heterocycles. The van der Waals surface area contributed by atoms with Crippen molar-refractivity contribution in [2.45, 2.75) is 129 Å². The quantitative estimate of drug-likeness (QED) is 0.120. The Morgan fingerprint density at radius 2 is 1.11 bits per heavy atom. The van der Waals surface area contributed by atoms with Gasteiger partial charge in [-0.1, -0.05) is 81.2 Å². The molecule has 3 rings (SSSR count). The molecule has 1 aliphatic carbocycles. The highest BCUT2D eigenvalue weighted by atomic mass is 28.4. The number of aromatic hydroxyl groups is 2. The normalized spacial score (nSPS) is 18.9. The van der Waals surface area contributed by atoms with E-state index in [2.05, 4.69) is 73.4 Å². The van der Waals surface area contributed by atoms with Crippen LogP contribution in [0.2, 0.25) is 6.04 Å². The topological polar surface area (TPSA) is 138 Å². The van der Waals surface area contributed by atoms with Gasteiger partial charge < -0.3 is 24.6 Å². The molecule has 2 aromatic carbocycles. The third-order valence-electron chi connectivity index (χ3n) is 8.38. The fourth-order valence-corrected chi connectivity index (χ4v) is 6.06. The van der Waals surface area contributed by atoms with Crippen molar-refractivity contribution in [2.24, 2.45) is 15.0 Å². The van der Waals surface area contributed by atoms with Gasteiger partial charge in [-0.15, -0.1) is 0 Å². The van der Waals surface area contributed by atoms with Crippen molar-refractivity contribution in [3.63, 3.8) is 0 Å². The van der Waals surface area contributed by atoms with Crippen molar-refractivity contribution in [1.29, 1.82) is 0 Å². The molecular weight excluding hydrogens is 582 g/mol. The molecule has 0 aromatic heterocycles. The minimum absolute atomic E-state index is 0.0417. The second-order valence-electron chi connectivity index (χ2n) is 15.6. The number of hydrogen-bond acceptors (Lipinski definition) is 8. The van der Waals surface area contributed by atoms with Crippen LogP contribution < -0.4 is 0 Å². The summed E-state index contributed by atoms with van der Waals surface area (Å²) in [4.78, 5) is 42.0. The first kappa shape index (κ1) is 36.6. The lowest BCUT2D eigenvalue weighted by molar-refractivity contribution is 0.227. The van der Waals surface area contributed by atoms with E-state index in [-0.39, 0.29) is 45.9 Å². The Labute approximate surface area is 271 Å². The largest absolute Gasteiger partial charge is 0.507 e. The van der Waals surface area contributed by atoms with Gasteiger partial charge in [-0.05, 0) is 64.8 Å². The number of nitrogens with zero attached hydrogens (tertiary/aromatic N) is 3. The van der Waals surface area contributed by atoms with Crippen LogP contribution in [0.15, 0.2) is 39.2 Å². The molecule has 0 unspecified atom stereocenters. The third kappa shape index (κ3) is 10.6. The number of hydrogen-bond donors (Lipinski definition) is 5. The number of rotatable bonds is 9. The Kier molecular flexibility index (Phi) is 11.6. The van der Waals surface area contributed by atoms with Crippen LogP contribution in [-0.2, 0) is 16.2 Å². The van der Waals surface area contributed by atoms with Gasteiger partial charge in [0.2, 0.25) is 0 Å². The van der Waals surface area contributed by atoms with Crippen molar-refractivity contribution >= 4 is 27.4 Å². The fourth-order valence-electron chi connectivity index (χ4n) is 5.43. The van der Waals surface area contributed by atoms with Gasteiger partial charge in [0.25, 0.3) is 0 Å². The molecule has 248 valence electrons. The molecule has 1 fully saturated rings. The molecule has 1 aliphatic rings. The molecule has 0 amide bonds. The minimum atomic E-state index is -4.09. The highest BCUT2D eigenvalue weighted by Gasteiger charge is 2.27. The van der Waals surface area contributed by atoms with Crippen LogP contribution in [0.4, 0.5) is 0 Å². The van der Waals surface area contributed by atoms with Gasteiger partial charge in [0, 0.05) is 53.5 Å². The molecule has 1 saturated carbocycles. The second-order valence-corrected chi connectivity index (χ2v) is 17.7. The summed E-state index contributed by atoms with van der Waals surface area (Å²) in [5, 5.41) is 22.4. The maximum atomic E-state index is 11.2. The van der Waals surface area contributed by atoms with Gasteiger partial charge in [0.1, 0.15) is 11.5 Å². The average Bonchev–Trinajstić information content (AvgIpc) is 2.90. The zero-order valence-corrected chi connectivity index (χ0v) is 29.7. The van der Waals surface area contributed by atoms with Crippen molar-refractivity contribution in [1.82, 2.24) is 0 Å². The van der Waals surface area contributed by atoms with Gasteiger partial charge in [0.05, 0.1) is 12.1 Å². The van der Waals surface area contributed by atoms with Gasteiger partial charge in [-0.3, -0.25) is 15.0 Å². The van der Waals surface area contributed by atoms with Crippen LogP contribution >= 0.6 is 0 Å². The molecule has 2 atom stereocenters. The highest BCUT2D eigenvalue weighted by molar-refractivity contribution is 6.56. The van der Waals surface area contributed by atoms with E-state index < -0.39 is 8.80 Å². The summed E-state index contributed by atoms with van der Waals surface area (Å²) in [7, 11) is -4.09. The predicted molar refractivity (Wildman–Crippen MR) is 188 cm³/mol. The molecule has 0 aliphatic heterocycles. The van der Waals surface area contributed by atoms with E-state index in [1.807, 2.05) is 24.4 Å². The van der Waals surface area contributed by atoms with Gasteiger partial charge in [-0.2, -0.15) is 0 Å². The van der Waals surface area contributed by atoms with Crippen LogP contribution in [0.3, 0.4) is 0 Å². The zero-order chi connectivity index (χ0) is 33.8. The fraction of sp³-hybridized carbons (Fsp3) is 0.583. The molecule has 0 spiro atoms. The van der Waals surface area contributed by atoms with Crippen molar-refractivity contribution < 1.29 is 24.6 Å². The molecule has 5 N–H and O–H groups in total. The average molecular weight is 638 g/mol. The van der Waals surface area contributed by atoms with Crippen molar-refractivity contribution in [3.8, 4) is 11.5 Å². The first-order chi connectivity index (χ1) is 20.7. The molecule has 45 heavy (non-hydrogen) atoms. The Morgan fingerprint density at radius 1 is 0.667 bits per heavy atom. The van der Waals surface area contributed by atoms with E-state index in [0.717, 1.165) is 47.9 Å². The molecule has 9 heteroatoms. The Balaban J connectivity index is 1.92. The number of phenols is 2. The summed E-state index contributed by atoms with van der Waals surface area (Å²) in [6, 6.07) is 7.86. The Hall–Kier alpha value is -2.85. The smallest absolute Gasteiger partial charge is 0.492 e. The number of phenolic OH excluding ortho intramolecular Hbond substituents is 2. The SMILES string of the molecule is CC(C)(C)c1cc(C=NCCC[Si](O)(O)O)c(O)c(C=N[C@@H]2CCCC[C@@H]2N=Cc2cc(C(C)(C)C)cc(C(C)(C)C)c2O)c1. The second kappa shape index (κ2) is 14.3. The lowest BCUT2D eigenvalue weighted by Crippen LogP contribution is -2.34. The van der Waals surface area contributed by atoms with E-state index >= 15 is 0 Å². The monoisotopic (exact) mass is 637 g/mol. The Bertz CT molecular complexity index is 1410. The van der Waals surface area contributed by atoms with E-state index in [9.17, 15) is 24.6 Å². The summed E-state index contributed by atoms with van der Waals surface area (Å²) >= 11 is 0. The molecule has 2 aromatic rings. The standard InChI is InChI=1S/C36H55N3O5Si/c1-34(2,3)27-17-24(21-37-15-12-16-45(42,43)44)32(40)25(18-27)22-38-30-13-10-11-14-31(30)39-23-26-19-28(35(4,5)6)20-29(33(26)41)36(7,8)9/h17-23,30-31,40-44H,10-16H2,1-9H3/t30-,31+/m1/s1. The Morgan fingerprint density at radius 3 is 1.56 bits per heavy atom. The number of aliphatic imine (C=N–C) groups is 3. The molecular formula is C36H55N3O5Si. The van der Waals surface area contributed by atoms with E-state index in [1.54, 1.807) is 12.4 Å². The maximum Gasteiger partial charge on any atom is 0.492 e. The predicted octanol–water partition coefficient (Wildman–Crippen LogP) is 6.56. The summed E-state index contributed by atoms with van der Waals surface area (Å²) in [6.45, 7) is 19.5. The first-order valence-electron chi connectivity index (χ1n) is 16.2. The lowest BCUT2D eigenvalue weighted by Gasteiger charge is -2.28. The van der Waals surface area contributed by atoms with Gasteiger partial charge >= 0.3 is 8.80 Å². The third-order valence-corrected chi connectivity index (χ3v) is 9.41. The molecule has 8 nitrogen and oxygen atoms in total. The molecule has 0 radical (unpaired) electrons. The van der Waals surface area contributed by atoms with Crippen LogP contribution in [0.1, 0.15) is 128 Å². The summed E-state index contributed by atoms with van der Waals surface area (Å²) in [5.41, 5.74) is 4.51. The minimum Gasteiger partial charge on any atom is -0.507 e.